The van der Waals surface area contributed by atoms with Crippen molar-refractivity contribution >= 4 is 29.3 Å². The minimum atomic E-state index is -0.374. The van der Waals surface area contributed by atoms with Crippen LogP contribution in [0, 0.1) is 0 Å². The van der Waals surface area contributed by atoms with Gasteiger partial charge in [0.1, 0.15) is 0 Å². The van der Waals surface area contributed by atoms with Gasteiger partial charge >= 0.3 is 12.0 Å². The third-order valence-electron chi connectivity index (χ3n) is 2.25. The Balaban J connectivity index is 2.47. The molecule has 0 radical (unpaired) electrons. The van der Waals surface area contributed by atoms with E-state index in [9.17, 15) is 9.59 Å². The number of hydrogen-bond donors (Lipinski definition) is 2. The smallest absolute Gasteiger partial charge is 0.338 e. The zero-order valence-electron chi connectivity index (χ0n) is 10.7. The first-order chi connectivity index (χ1) is 9.17. The molecule has 2 N–H and O–H groups in total. The number of esters is 1. The highest BCUT2D eigenvalue weighted by Gasteiger charge is 2.06. The van der Waals surface area contributed by atoms with Crippen molar-refractivity contribution in [2.45, 2.75) is 13.3 Å². The standard InChI is InChI=1S/C13H17ClN2O3/c1-2-19-12(17)10-4-6-11(7-5-10)16-13(18)15-9-3-8-14/h4-7H,2-3,8-9H2,1H3,(H2,15,16,18). The molecule has 1 rings (SSSR count). The molecule has 0 aromatic heterocycles. The third-order valence-corrected chi connectivity index (χ3v) is 2.52. The summed E-state index contributed by atoms with van der Waals surface area (Å²) in [6, 6.07) is 6.20. The predicted molar refractivity (Wildman–Crippen MR) is 74.8 cm³/mol. The van der Waals surface area contributed by atoms with Crippen LogP contribution >= 0.6 is 11.6 Å². The molecule has 0 saturated carbocycles. The maximum Gasteiger partial charge on any atom is 0.338 e. The molecule has 0 aliphatic heterocycles. The van der Waals surface area contributed by atoms with Crippen molar-refractivity contribution in [3.8, 4) is 0 Å². The van der Waals surface area contributed by atoms with Gasteiger partial charge in [-0.25, -0.2) is 9.59 Å². The maximum absolute atomic E-state index is 11.5. The number of hydrogen-bond acceptors (Lipinski definition) is 3. The Labute approximate surface area is 117 Å². The van der Waals surface area contributed by atoms with Crippen molar-refractivity contribution in [3.05, 3.63) is 29.8 Å². The molecule has 0 spiro atoms. The minimum absolute atomic E-state index is 0.297. The summed E-state index contributed by atoms with van der Waals surface area (Å²) in [7, 11) is 0. The van der Waals surface area contributed by atoms with Gasteiger partial charge in [0.15, 0.2) is 0 Å². The first-order valence-corrected chi connectivity index (χ1v) is 6.58. The van der Waals surface area contributed by atoms with Crippen molar-refractivity contribution < 1.29 is 14.3 Å². The molecule has 19 heavy (non-hydrogen) atoms. The molecular formula is C13H17ClN2O3. The molecule has 0 atom stereocenters. The lowest BCUT2D eigenvalue weighted by Crippen LogP contribution is -2.29. The molecule has 0 aliphatic carbocycles. The summed E-state index contributed by atoms with van der Waals surface area (Å²) in [5.41, 5.74) is 1.06. The summed E-state index contributed by atoms with van der Waals surface area (Å²) in [5, 5.41) is 5.32. The van der Waals surface area contributed by atoms with E-state index in [1.807, 2.05) is 0 Å². The van der Waals surface area contributed by atoms with Gasteiger partial charge in [0, 0.05) is 18.1 Å². The number of halogens is 1. The van der Waals surface area contributed by atoms with Crippen LogP contribution in [0.25, 0.3) is 0 Å². The Hall–Kier alpha value is -1.75. The van der Waals surface area contributed by atoms with Gasteiger partial charge in [-0.05, 0) is 37.6 Å². The van der Waals surface area contributed by atoms with Gasteiger partial charge in [-0.1, -0.05) is 0 Å². The fraction of sp³-hybridized carbons (Fsp3) is 0.385. The maximum atomic E-state index is 11.5. The van der Waals surface area contributed by atoms with Crippen LogP contribution in [0.15, 0.2) is 24.3 Å². The summed E-state index contributed by atoms with van der Waals surface area (Å²) in [6.45, 7) is 2.61. The summed E-state index contributed by atoms with van der Waals surface area (Å²) < 4.78 is 4.86. The number of benzene rings is 1. The second-order valence-corrected chi connectivity index (χ2v) is 4.10. The average molecular weight is 285 g/mol. The monoisotopic (exact) mass is 284 g/mol. The van der Waals surface area contributed by atoms with E-state index in [0.717, 1.165) is 6.42 Å². The molecule has 104 valence electrons. The molecule has 1 aromatic rings. The Morgan fingerprint density at radius 1 is 1.26 bits per heavy atom. The number of alkyl halides is 1. The molecule has 1 aromatic carbocycles. The quantitative estimate of drug-likeness (QED) is 0.479. The van der Waals surface area contributed by atoms with E-state index in [2.05, 4.69) is 10.6 Å². The van der Waals surface area contributed by atoms with Crippen LogP contribution in [0.5, 0.6) is 0 Å². The number of anilines is 1. The van der Waals surface area contributed by atoms with Crippen LogP contribution in [0.1, 0.15) is 23.7 Å². The Kier molecular flexibility index (Phi) is 6.74. The van der Waals surface area contributed by atoms with E-state index in [1.165, 1.54) is 0 Å². The van der Waals surface area contributed by atoms with Crippen molar-refractivity contribution in [2.24, 2.45) is 0 Å². The molecule has 0 unspecified atom stereocenters. The summed E-state index contributed by atoms with van der Waals surface area (Å²) in [4.78, 5) is 22.9. The molecule has 6 heteroatoms. The molecule has 0 heterocycles. The van der Waals surface area contributed by atoms with Gasteiger partial charge in [0.2, 0.25) is 0 Å². The lowest BCUT2D eigenvalue weighted by molar-refractivity contribution is 0.0526. The van der Waals surface area contributed by atoms with Crippen molar-refractivity contribution in [1.82, 2.24) is 5.32 Å². The highest BCUT2D eigenvalue weighted by molar-refractivity contribution is 6.17. The molecule has 0 bridgehead atoms. The Morgan fingerprint density at radius 3 is 2.53 bits per heavy atom. The minimum Gasteiger partial charge on any atom is -0.462 e. The van der Waals surface area contributed by atoms with Gasteiger partial charge in [0.05, 0.1) is 12.2 Å². The van der Waals surface area contributed by atoms with Crippen molar-refractivity contribution in [2.75, 3.05) is 24.3 Å². The number of ether oxygens (including phenoxy) is 1. The van der Waals surface area contributed by atoms with E-state index in [0.29, 0.717) is 30.3 Å². The average Bonchev–Trinajstić information content (AvgIpc) is 2.40. The van der Waals surface area contributed by atoms with E-state index >= 15 is 0 Å². The van der Waals surface area contributed by atoms with Crippen molar-refractivity contribution in [1.29, 1.82) is 0 Å². The highest BCUT2D eigenvalue weighted by atomic mass is 35.5. The van der Waals surface area contributed by atoms with Crippen LogP contribution in [-0.2, 0) is 4.74 Å². The lowest BCUT2D eigenvalue weighted by atomic mass is 10.2. The first kappa shape index (κ1) is 15.3. The van der Waals surface area contributed by atoms with Crippen LogP contribution in [0.3, 0.4) is 0 Å². The third kappa shape index (κ3) is 5.61. The van der Waals surface area contributed by atoms with E-state index in [4.69, 9.17) is 16.3 Å². The predicted octanol–water partition coefficient (Wildman–Crippen LogP) is 2.61. The number of amides is 2. The zero-order chi connectivity index (χ0) is 14.1. The van der Waals surface area contributed by atoms with E-state index < -0.39 is 0 Å². The molecule has 0 fully saturated rings. The van der Waals surface area contributed by atoms with Crippen molar-refractivity contribution in [3.63, 3.8) is 0 Å². The number of urea groups is 1. The second kappa shape index (κ2) is 8.37. The van der Waals surface area contributed by atoms with E-state index in [-0.39, 0.29) is 12.0 Å². The largest absolute Gasteiger partial charge is 0.462 e. The van der Waals surface area contributed by atoms with Gasteiger partial charge in [0.25, 0.3) is 0 Å². The van der Waals surface area contributed by atoms with Gasteiger partial charge in [-0.3, -0.25) is 0 Å². The van der Waals surface area contributed by atoms with Crippen LogP contribution < -0.4 is 10.6 Å². The summed E-state index contributed by atoms with van der Waals surface area (Å²) in [5.74, 6) is 0.134. The Bertz CT molecular complexity index is 420. The topological polar surface area (TPSA) is 67.4 Å². The number of rotatable bonds is 6. The molecule has 0 saturated heterocycles. The van der Waals surface area contributed by atoms with Crippen LogP contribution in [0.2, 0.25) is 0 Å². The van der Waals surface area contributed by atoms with Crippen LogP contribution in [0.4, 0.5) is 10.5 Å². The zero-order valence-corrected chi connectivity index (χ0v) is 11.5. The highest BCUT2D eigenvalue weighted by Crippen LogP contribution is 2.10. The number of carbonyl (C=O) groups is 2. The normalized spacial score (nSPS) is 9.79. The van der Waals surface area contributed by atoms with Gasteiger partial charge < -0.3 is 15.4 Å². The number of nitrogens with one attached hydrogen (secondary N) is 2. The fourth-order valence-electron chi connectivity index (χ4n) is 1.35. The summed E-state index contributed by atoms with van der Waals surface area (Å²) >= 11 is 5.50. The number of carbonyl (C=O) groups excluding carboxylic acids is 2. The van der Waals surface area contributed by atoms with Crippen LogP contribution in [-0.4, -0.2) is 31.0 Å². The molecule has 5 nitrogen and oxygen atoms in total. The molecule has 2 amide bonds. The summed E-state index contributed by atoms with van der Waals surface area (Å²) in [6.07, 6.45) is 0.719. The SMILES string of the molecule is CCOC(=O)c1ccc(NC(=O)NCCCCl)cc1. The molecule has 0 aliphatic rings. The van der Waals surface area contributed by atoms with Gasteiger partial charge in [-0.15, -0.1) is 11.6 Å². The van der Waals surface area contributed by atoms with E-state index in [1.54, 1.807) is 31.2 Å². The first-order valence-electron chi connectivity index (χ1n) is 6.05. The lowest BCUT2D eigenvalue weighted by Gasteiger charge is -2.07. The Morgan fingerprint density at radius 2 is 1.95 bits per heavy atom. The molecular weight excluding hydrogens is 268 g/mol. The van der Waals surface area contributed by atoms with Gasteiger partial charge in [-0.2, -0.15) is 0 Å². The fourth-order valence-corrected chi connectivity index (χ4v) is 1.48. The second-order valence-electron chi connectivity index (χ2n) is 3.72.